The number of hydrogen-bond donors (Lipinski definition) is 4. The van der Waals surface area contributed by atoms with E-state index in [9.17, 15) is 19.2 Å². The molecule has 0 saturated carbocycles. The van der Waals surface area contributed by atoms with Crippen molar-refractivity contribution in [1.82, 2.24) is 10.6 Å². The van der Waals surface area contributed by atoms with Crippen LogP contribution in [-0.2, 0) is 11.3 Å². The summed E-state index contributed by atoms with van der Waals surface area (Å²) in [5, 5.41) is 25.3. The van der Waals surface area contributed by atoms with Gasteiger partial charge >= 0.3 is 165 Å². The van der Waals surface area contributed by atoms with Gasteiger partial charge in [-0.05, 0) is 0 Å². The Hall–Kier alpha value is -2.50. The van der Waals surface area contributed by atoms with Crippen molar-refractivity contribution in [2.75, 3.05) is 13.7 Å². The molecule has 0 aliphatic carbocycles. The Morgan fingerprint density at radius 3 is 2.77 bits per heavy atom. The van der Waals surface area contributed by atoms with E-state index in [4.69, 9.17) is 25.0 Å². The number of benzene rings is 2. The number of nitriles is 1. The van der Waals surface area contributed by atoms with Gasteiger partial charge in [0.1, 0.15) is 0 Å². The molecule has 12 heteroatoms. The number of hydrogen-bond acceptors (Lipinski definition) is 6. The summed E-state index contributed by atoms with van der Waals surface area (Å²) in [4.78, 5) is 23.9. The summed E-state index contributed by atoms with van der Waals surface area (Å²) < 4.78 is 27.6. The quantitative estimate of drug-likeness (QED) is 0.161. The Morgan fingerprint density at radius 2 is 2.13 bits per heavy atom. The molecule has 0 heterocycles. The molecule has 0 aromatic heterocycles. The molecule has 0 spiro atoms. The number of carbonyl (C=O) groups excluding carboxylic acids is 2. The van der Waals surface area contributed by atoms with Gasteiger partial charge in [-0.3, -0.25) is 4.79 Å². The molecule has 0 aliphatic rings. The first kappa shape index (κ1) is 23.8. The molecule has 1 unspecified atom stereocenters. The average Bonchev–Trinajstić information content (AvgIpc) is 2.76. The van der Waals surface area contributed by atoms with Crippen LogP contribution in [0.5, 0.6) is 5.75 Å². The van der Waals surface area contributed by atoms with E-state index in [0.717, 1.165) is 12.1 Å². The number of halogens is 3. The minimum absolute atomic E-state index is 0.0428. The molecule has 2 aromatic rings. The maximum atomic E-state index is 14.0. The summed E-state index contributed by atoms with van der Waals surface area (Å²) in [6.07, 6.45) is 0. The Morgan fingerprint density at radius 1 is 1.40 bits per heavy atom. The Balaban J connectivity index is 2.21. The first-order valence-electron chi connectivity index (χ1n) is 8.27. The van der Waals surface area contributed by atoms with Crippen LogP contribution in [0.15, 0.2) is 30.3 Å². The predicted molar refractivity (Wildman–Crippen MR) is 99.5 cm³/mol. The minimum atomic E-state index is -1.91. The maximum absolute atomic E-state index is 14.0. The van der Waals surface area contributed by atoms with Crippen LogP contribution in [0.3, 0.4) is 0 Å². The van der Waals surface area contributed by atoms with Gasteiger partial charge in [-0.15, -0.1) is 0 Å². The van der Waals surface area contributed by atoms with Gasteiger partial charge in [0.15, 0.2) is 0 Å². The number of amides is 2. The van der Waals surface area contributed by atoms with Gasteiger partial charge in [0.25, 0.3) is 0 Å². The monoisotopic (exact) mass is 549 g/mol. The van der Waals surface area contributed by atoms with E-state index in [1.54, 1.807) is 6.07 Å². The van der Waals surface area contributed by atoms with Gasteiger partial charge in [0, 0.05) is 7.05 Å². The SMILES string of the molecule is CNC(=O)COc1cc(C#N)ccc1CNC(=O)c1cc(Cl)c(F)c([NH+]([O-])[I-]O)c1. The van der Waals surface area contributed by atoms with E-state index in [1.807, 2.05) is 6.07 Å². The van der Waals surface area contributed by atoms with Crippen LogP contribution < -0.4 is 40.5 Å². The number of nitrogens with one attached hydrogen (secondary N) is 3. The third-order valence-corrected chi connectivity index (χ3v) is 5.15. The normalized spacial score (nSPS) is 11.5. The van der Waals surface area contributed by atoms with Crippen LogP contribution in [0.25, 0.3) is 0 Å². The Kier molecular flexibility index (Phi) is 8.75. The molecule has 2 amide bonds. The molecular weight excluding hydrogens is 534 g/mol. The molecule has 2 aromatic carbocycles. The molecule has 4 N–H and O–H groups in total. The molecular formula is C18H16ClFIN4O5-. The molecule has 160 valence electrons. The van der Waals surface area contributed by atoms with E-state index in [1.165, 1.54) is 19.2 Å². The third kappa shape index (κ3) is 6.00. The zero-order chi connectivity index (χ0) is 22.3. The van der Waals surface area contributed by atoms with E-state index in [0.29, 0.717) is 11.1 Å². The van der Waals surface area contributed by atoms with Crippen molar-refractivity contribution in [3.63, 3.8) is 0 Å². The van der Waals surface area contributed by atoms with Gasteiger partial charge in [-0.1, -0.05) is 0 Å². The van der Waals surface area contributed by atoms with E-state index in [2.05, 4.69) is 10.6 Å². The van der Waals surface area contributed by atoms with Crippen LogP contribution >= 0.6 is 11.6 Å². The topological polar surface area (TPSA) is 139 Å². The van der Waals surface area contributed by atoms with Crippen molar-refractivity contribution in [1.29, 1.82) is 5.26 Å². The number of quaternary nitrogens is 1. The fraction of sp³-hybridized carbons (Fsp3) is 0.167. The number of likely N-dealkylation sites (N-methyl/N-ethyl adjacent to an activating group) is 1. The van der Waals surface area contributed by atoms with Gasteiger partial charge in [-0.25, -0.2) is 0 Å². The first-order chi connectivity index (χ1) is 14.3. The Bertz CT molecular complexity index is 1000. The molecule has 2 rings (SSSR count). The zero-order valence-corrected chi connectivity index (χ0v) is 18.4. The average molecular weight is 550 g/mol. The number of nitrogens with zero attached hydrogens (tertiary/aromatic N) is 1. The molecule has 0 fully saturated rings. The predicted octanol–water partition coefficient (Wildman–Crippen LogP) is -2.67. The van der Waals surface area contributed by atoms with Gasteiger partial charge < -0.3 is 5.32 Å². The second-order valence-corrected chi connectivity index (χ2v) is 7.63. The van der Waals surface area contributed by atoms with E-state index < -0.39 is 47.6 Å². The fourth-order valence-electron chi connectivity index (χ4n) is 2.31. The molecule has 0 saturated heterocycles. The van der Waals surface area contributed by atoms with Gasteiger partial charge in [-0.2, -0.15) is 5.26 Å². The Labute approximate surface area is 187 Å². The van der Waals surface area contributed by atoms with Crippen LogP contribution in [0.1, 0.15) is 21.5 Å². The number of carbonyl (C=O) groups is 2. The van der Waals surface area contributed by atoms with Crippen molar-refractivity contribution >= 4 is 29.1 Å². The summed E-state index contributed by atoms with van der Waals surface area (Å²) in [5.41, 5.74) is 0.273. The summed E-state index contributed by atoms with van der Waals surface area (Å²) in [6, 6.07) is 8.55. The molecule has 0 aliphatic heterocycles. The van der Waals surface area contributed by atoms with Gasteiger partial charge in [0.05, 0.1) is 0 Å². The molecule has 0 bridgehead atoms. The standard InChI is InChI=1S/C18H16ClFIN4O5/c1-23-16(26)9-30-15-4-10(7-22)2-3-11(15)8-24-18(27)12-5-13(19)17(20)14(6-12)25(29)21-28/h2-6,25,28H,8-9H2,1H3,(H,23,26)(H,24,27)/q-1. The van der Waals surface area contributed by atoms with Crippen molar-refractivity contribution in [2.45, 2.75) is 6.54 Å². The molecule has 9 nitrogen and oxygen atoms in total. The molecule has 0 radical (unpaired) electrons. The van der Waals surface area contributed by atoms with Crippen molar-refractivity contribution in [3.8, 4) is 11.8 Å². The fourth-order valence-corrected chi connectivity index (χ4v) is 3.18. The summed E-state index contributed by atoms with van der Waals surface area (Å²) >= 11 is 3.85. The first-order valence-corrected chi connectivity index (χ1v) is 10.7. The van der Waals surface area contributed by atoms with Crippen molar-refractivity contribution in [3.05, 3.63) is 63.1 Å². The second kappa shape index (κ2) is 11.0. The van der Waals surface area contributed by atoms with Gasteiger partial charge in [0.2, 0.25) is 0 Å². The van der Waals surface area contributed by atoms with E-state index >= 15 is 0 Å². The van der Waals surface area contributed by atoms with Crippen LogP contribution in [0.4, 0.5) is 10.1 Å². The van der Waals surface area contributed by atoms with Crippen LogP contribution in [0.2, 0.25) is 5.02 Å². The molecule has 30 heavy (non-hydrogen) atoms. The van der Waals surface area contributed by atoms with Crippen LogP contribution in [0, 0.1) is 22.4 Å². The second-order valence-electron chi connectivity index (χ2n) is 5.76. The summed E-state index contributed by atoms with van der Waals surface area (Å²) in [5.74, 6) is -1.79. The third-order valence-electron chi connectivity index (χ3n) is 3.85. The molecule has 1 atom stereocenters. The number of rotatable bonds is 8. The zero-order valence-electron chi connectivity index (χ0n) is 15.5. The van der Waals surface area contributed by atoms with Crippen LogP contribution in [-0.4, -0.2) is 28.9 Å². The number of ether oxygens (including phenoxy) is 1. The van der Waals surface area contributed by atoms with Crippen molar-refractivity contribution < 1.29 is 47.3 Å². The van der Waals surface area contributed by atoms with E-state index in [-0.39, 0.29) is 30.4 Å². The van der Waals surface area contributed by atoms with Crippen molar-refractivity contribution in [2.24, 2.45) is 0 Å². The summed E-state index contributed by atoms with van der Waals surface area (Å²) in [6.45, 7) is -0.325. The summed E-state index contributed by atoms with van der Waals surface area (Å²) in [7, 11) is 1.45.